The largest absolute Gasteiger partial charge is 0.339 e. The topological polar surface area (TPSA) is 93.8 Å². The van der Waals surface area contributed by atoms with Crippen LogP contribution in [0.1, 0.15) is 13.8 Å². The first-order chi connectivity index (χ1) is 9.53. The van der Waals surface area contributed by atoms with Gasteiger partial charge in [-0.15, -0.1) is 0 Å². The monoisotopic (exact) mass is 316 g/mol. The smallest absolute Gasteiger partial charge is 0.269 e. The fourth-order valence-corrected chi connectivity index (χ4v) is 3.38. The van der Waals surface area contributed by atoms with E-state index in [1.54, 1.807) is 0 Å². The third-order valence-corrected chi connectivity index (χ3v) is 4.35. The van der Waals surface area contributed by atoms with Gasteiger partial charge < -0.3 is 4.90 Å². The zero-order valence-electron chi connectivity index (χ0n) is 12.7. The molecule has 0 saturated carbocycles. The summed E-state index contributed by atoms with van der Waals surface area (Å²) in [5.41, 5.74) is -0.322. The Hall–Kier alpha value is -1.51. The normalized spacial score (nSPS) is 12.6. The first-order valence-corrected chi connectivity index (χ1v) is 8.05. The van der Waals surface area contributed by atoms with Gasteiger partial charge in [-0.05, 0) is 12.1 Å². The Labute approximate surface area is 125 Å². The summed E-state index contributed by atoms with van der Waals surface area (Å²) in [4.78, 5) is 11.3. The van der Waals surface area contributed by atoms with E-state index in [1.165, 1.54) is 29.2 Å². The molecule has 1 rings (SSSR count). The van der Waals surface area contributed by atoms with Crippen molar-refractivity contribution < 1.29 is 18.2 Å². The van der Waals surface area contributed by atoms with Gasteiger partial charge in [-0.1, -0.05) is 13.8 Å². The van der Waals surface area contributed by atoms with Crippen molar-refractivity contribution in [2.24, 2.45) is 5.41 Å². The molecule has 2 N–H and O–H groups in total. The summed E-state index contributed by atoms with van der Waals surface area (Å²) in [5.74, 6) is 0. The zero-order chi connectivity index (χ0) is 16.3. The van der Waals surface area contributed by atoms with Gasteiger partial charge in [0.05, 0.1) is 30.5 Å². The molecule has 0 bridgehead atoms. The van der Waals surface area contributed by atoms with Gasteiger partial charge in [0.1, 0.15) is 0 Å². The molecule has 0 aliphatic carbocycles. The van der Waals surface area contributed by atoms with Crippen molar-refractivity contribution in [3.63, 3.8) is 0 Å². The van der Waals surface area contributed by atoms with Crippen molar-refractivity contribution in [1.29, 1.82) is 0 Å². The van der Waals surface area contributed by atoms with Crippen molar-refractivity contribution in [1.82, 2.24) is 4.72 Å². The van der Waals surface area contributed by atoms with Gasteiger partial charge in [0.25, 0.3) is 5.69 Å². The minimum atomic E-state index is -3.65. The van der Waals surface area contributed by atoms with Crippen LogP contribution in [0.25, 0.3) is 0 Å². The summed E-state index contributed by atoms with van der Waals surface area (Å²) in [5, 5.41) is 10.6. The molecule has 0 amide bonds. The molecule has 0 saturated heterocycles. The molecular weight excluding hydrogens is 294 g/mol. The second-order valence-corrected chi connectivity index (χ2v) is 7.89. The van der Waals surface area contributed by atoms with E-state index in [0.717, 1.165) is 6.54 Å². The second kappa shape index (κ2) is 6.50. The molecule has 0 unspecified atom stereocenters. The molecule has 0 radical (unpaired) electrons. The number of non-ortho nitro benzene ring substituents is 1. The number of sulfonamides is 1. The van der Waals surface area contributed by atoms with Crippen LogP contribution in [-0.4, -0.2) is 40.5 Å². The molecular formula is C13H22N3O4S+. The lowest BCUT2D eigenvalue weighted by Crippen LogP contribution is -3.07. The highest BCUT2D eigenvalue weighted by atomic mass is 32.2. The minimum absolute atomic E-state index is 0.0288. The van der Waals surface area contributed by atoms with Gasteiger partial charge in [-0.25, -0.2) is 13.1 Å². The van der Waals surface area contributed by atoms with Crippen LogP contribution in [-0.2, 0) is 10.0 Å². The molecule has 0 heterocycles. The predicted molar refractivity (Wildman–Crippen MR) is 79.7 cm³/mol. The van der Waals surface area contributed by atoms with Gasteiger partial charge in [0.15, 0.2) is 0 Å². The Bertz CT molecular complexity index is 594. The van der Waals surface area contributed by atoms with Crippen LogP contribution in [0, 0.1) is 15.5 Å². The first-order valence-electron chi connectivity index (χ1n) is 6.57. The molecule has 0 aromatic heterocycles. The number of nitrogens with zero attached hydrogens (tertiary/aromatic N) is 1. The van der Waals surface area contributed by atoms with Gasteiger partial charge in [0.2, 0.25) is 10.0 Å². The average Bonchev–Trinajstić information content (AvgIpc) is 2.35. The highest BCUT2D eigenvalue weighted by Crippen LogP contribution is 2.17. The number of benzene rings is 1. The van der Waals surface area contributed by atoms with Gasteiger partial charge in [-0.2, -0.15) is 0 Å². The maximum atomic E-state index is 12.2. The summed E-state index contributed by atoms with van der Waals surface area (Å²) in [6, 6.07) is 4.85. The van der Waals surface area contributed by atoms with Gasteiger partial charge >= 0.3 is 0 Å². The van der Waals surface area contributed by atoms with Gasteiger partial charge in [-0.3, -0.25) is 10.1 Å². The van der Waals surface area contributed by atoms with Crippen LogP contribution < -0.4 is 9.62 Å². The Balaban J connectivity index is 2.80. The molecule has 0 aliphatic rings. The zero-order valence-corrected chi connectivity index (χ0v) is 13.5. The number of nitrogens with one attached hydrogen (secondary N) is 2. The number of rotatable bonds is 7. The highest BCUT2D eigenvalue weighted by molar-refractivity contribution is 7.89. The molecule has 118 valence electrons. The first kappa shape index (κ1) is 17.5. The van der Waals surface area contributed by atoms with E-state index >= 15 is 0 Å². The number of nitro benzene ring substituents is 1. The van der Waals surface area contributed by atoms with Crippen molar-refractivity contribution in [3.05, 3.63) is 34.4 Å². The fourth-order valence-electron chi connectivity index (χ4n) is 2.14. The molecule has 0 fully saturated rings. The van der Waals surface area contributed by atoms with Crippen LogP contribution in [0.2, 0.25) is 0 Å². The molecule has 0 spiro atoms. The Morgan fingerprint density at radius 1 is 1.24 bits per heavy atom. The van der Waals surface area contributed by atoms with Crippen LogP contribution >= 0.6 is 0 Å². The predicted octanol–water partition coefficient (Wildman–Crippen LogP) is 0.0438. The number of nitro groups is 1. The SMILES string of the molecule is C[NH+](C)CC(C)(C)CNS(=O)(=O)c1ccc([N+](=O)[O-])cc1. The van der Waals surface area contributed by atoms with Crippen LogP contribution in [0.5, 0.6) is 0 Å². The van der Waals surface area contributed by atoms with Gasteiger partial charge in [0, 0.05) is 24.1 Å². The van der Waals surface area contributed by atoms with Crippen molar-refractivity contribution >= 4 is 15.7 Å². The lowest BCUT2D eigenvalue weighted by molar-refractivity contribution is -0.865. The van der Waals surface area contributed by atoms with E-state index < -0.39 is 14.9 Å². The molecule has 0 atom stereocenters. The maximum absolute atomic E-state index is 12.2. The van der Waals surface area contributed by atoms with E-state index in [2.05, 4.69) is 4.72 Å². The van der Waals surface area contributed by atoms with E-state index in [9.17, 15) is 18.5 Å². The summed E-state index contributed by atoms with van der Waals surface area (Å²) in [6.07, 6.45) is 0. The Morgan fingerprint density at radius 3 is 2.19 bits per heavy atom. The van der Waals surface area contributed by atoms with Crippen molar-refractivity contribution in [3.8, 4) is 0 Å². The second-order valence-electron chi connectivity index (χ2n) is 6.12. The number of hydrogen-bond acceptors (Lipinski definition) is 4. The molecule has 21 heavy (non-hydrogen) atoms. The minimum Gasteiger partial charge on any atom is -0.339 e. The summed E-state index contributed by atoms with van der Waals surface area (Å²) >= 11 is 0. The van der Waals surface area contributed by atoms with Crippen LogP contribution in [0.15, 0.2) is 29.2 Å². The van der Waals surface area contributed by atoms with E-state index in [-0.39, 0.29) is 16.0 Å². The lowest BCUT2D eigenvalue weighted by atomic mass is 9.93. The fraction of sp³-hybridized carbons (Fsp3) is 0.538. The third kappa shape index (κ3) is 5.41. The Kier molecular flexibility index (Phi) is 5.43. The number of quaternary nitrogens is 1. The maximum Gasteiger partial charge on any atom is 0.269 e. The quantitative estimate of drug-likeness (QED) is 0.549. The molecule has 1 aromatic rings. The van der Waals surface area contributed by atoms with Crippen LogP contribution in [0.3, 0.4) is 0 Å². The van der Waals surface area contributed by atoms with Crippen molar-refractivity contribution in [2.45, 2.75) is 18.7 Å². The molecule has 8 heteroatoms. The molecule has 0 aliphatic heterocycles. The summed E-state index contributed by atoms with van der Waals surface area (Å²) in [6.45, 7) is 5.09. The van der Waals surface area contributed by atoms with E-state index in [1.807, 2.05) is 27.9 Å². The lowest BCUT2D eigenvalue weighted by Gasteiger charge is -2.25. The summed E-state index contributed by atoms with van der Waals surface area (Å²) in [7, 11) is 0.359. The molecule has 1 aromatic carbocycles. The summed E-state index contributed by atoms with van der Waals surface area (Å²) < 4.78 is 26.9. The van der Waals surface area contributed by atoms with Crippen molar-refractivity contribution in [2.75, 3.05) is 27.2 Å². The standard InChI is InChI=1S/C13H21N3O4S/c1-13(2,10-15(3)4)9-14-21(19,20)12-7-5-11(6-8-12)16(17)18/h5-8,14H,9-10H2,1-4H3/p+1. The average molecular weight is 316 g/mol. The Morgan fingerprint density at radius 2 is 1.76 bits per heavy atom. The van der Waals surface area contributed by atoms with E-state index in [0.29, 0.717) is 6.54 Å². The van der Waals surface area contributed by atoms with E-state index in [4.69, 9.17) is 0 Å². The molecule has 7 nitrogen and oxygen atoms in total. The highest BCUT2D eigenvalue weighted by Gasteiger charge is 2.25. The third-order valence-electron chi connectivity index (χ3n) is 2.93. The number of hydrogen-bond donors (Lipinski definition) is 2. The van der Waals surface area contributed by atoms with Crippen LogP contribution in [0.4, 0.5) is 5.69 Å².